The zero-order chi connectivity index (χ0) is 11.8. The molecule has 2 nitrogen and oxygen atoms in total. The van der Waals surface area contributed by atoms with E-state index in [1.54, 1.807) is 0 Å². The second kappa shape index (κ2) is 3.78. The fourth-order valence-electron chi connectivity index (χ4n) is 1.81. The predicted molar refractivity (Wildman–Crippen MR) is 64.0 cm³/mol. The molecule has 0 spiro atoms. The number of hydrogen-bond donors (Lipinski definition) is 0. The molecule has 0 unspecified atom stereocenters. The van der Waals surface area contributed by atoms with E-state index in [0.29, 0.717) is 5.57 Å². The molecule has 1 aromatic carbocycles. The van der Waals surface area contributed by atoms with Gasteiger partial charge >= 0.3 is 5.97 Å². The standard InChI is InChI=1S/C14H16O2/c1-14(2,3)16-13(15)12-9-8-10-6-4-5-7-11(10)12/h4-7,9H,8H2,1-3H3. The van der Waals surface area contributed by atoms with Crippen LogP contribution in [0.5, 0.6) is 0 Å². The first-order valence-corrected chi connectivity index (χ1v) is 5.49. The maximum atomic E-state index is 11.9. The minimum Gasteiger partial charge on any atom is -0.456 e. The van der Waals surface area contributed by atoms with Gasteiger partial charge in [0.25, 0.3) is 0 Å². The lowest BCUT2D eigenvalue weighted by Crippen LogP contribution is -2.24. The number of benzene rings is 1. The highest BCUT2D eigenvalue weighted by atomic mass is 16.6. The lowest BCUT2D eigenvalue weighted by atomic mass is 10.1. The molecular formula is C14H16O2. The van der Waals surface area contributed by atoms with E-state index in [4.69, 9.17) is 4.74 Å². The first kappa shape index (κ1) is 10.9. The average Bonchev–Trinajstić information content (AvgIpc) is 2.58. The quantitative estimate of drug-likeness (QED) is 0.675. The van der Waals surface area contributed by atoms with Gasteiger partial charge in [0.1, 0.15) is 5.60 Å². The van der Waals surface area contributed by atoms with Crippen molar-refractivity contribution in [2.75, 3.05) is 0 Å². The summed E-state index contributed by atoms with van der Waals surface area (Å²) in [5.41, 5.74) is 2.47. The van der Waals surface area contributed by atoms with E-state index in [1.807, 2.05) is 51.1 Å². The van der Waals surface area contributed by atoms with Gasteiger partial charge in [0.2, 0.25) is 0 Å². The predicted octanol–water partition coefficient (Wildman–Crippen LogP) is 2.97. The van der Waals surface area contributed by atoms with Crippen LogP contribution in [0.3, 0.4) is 0 Å². The summed E-state index contributed by atoms with van der Waals surface area (Å²) in [5, 5.41) is 0. The van der Waals surface area contributed by atoms with Crippen molar-refractivity contribution in [1.29, 1.82) is 0 Å². The SMILES string of the molecule is CC(C)(C)OC(=O)C1=CCc2ccccc21. The zero-order valence-electron chi connectivity index (χ0n) is 9.91. The molecule has 0 N–H and O–H groups in total. The maximum Gasteiger partial charge on any atom is 0.338 e. The molecule has 0 aromatic heterocycles. The minimum atomic E-state index is -0.435. The number of rotatable bonds is 1. The van der Waals surface area contributed by atoms with E-state index in [2.05, 4.69) is 0 Å². The van der Waals surface area contributed by atoms with Gasteiger partial charge in [-0.1, -0.05) is 30.3 Å². The highest BCUT2D eigenvalue weighted by Crippen LogP contribution is 2.29. The van der Waals surface area contributed by atoms with Crippen LogP contribution in [0.2, 0.25) is 0 Å². The average molecular weight is 216 g/mol. The summed E-state index contributed by atoms with van der Waals surface area (Å²) in [7, 11) is 0. The maximum absolute atomic E-state index is 11.9. The summed E-state index contributed by atoms with van der Waals surface area (Å²) < 4.78 is 5.37. The highest BCUT2D eigenvalue weighted by molar-refractivity contribution is 6.18. The van der Waals surface area contributed by atoms with Crippen LogP contribution in [0.25, 0.3) is 5.57 Å². The Morgan fingerprint density at radius 1 is 1.25 bits per heavy atom. The van der Waals surface area contributed by atoms with Crippen LogP contribution in [0.4, 0.5) is 0 Å². The molecule has 0 amide bonds. The summed E-state index contributed by atoms with van der Waals surface area (Å²) in [5.74, 6) is -0.225. The molecular weight excluding hydrogens is 200 g/mol. The number of allylic oxidation sites excluding steroid dienone is 1. The Morgan fingerprint density at radius 3 is 2.62 bits per heavy atom. The summed E-state index contributed by atoms with van der Waals surface area (Å²) in [6.07, 6.45) is 2.77. The molecule has 0 heterocycles. The molecule has 0 radical (unpaired) electrons. The second-order valence-corrected chi connectivity index (χ2v) is 4.98. The second-order valence-electron chi connectivity index (χ2n) is 4.98. The number of fused-ring (bicyclic) bond motifs is 1. The van der Waals surface area contributed by atoms with Gasteiger partial charge in [-0.3, -0.25) is 0 Å². The summed E-state index contributed by atoms with van der Waals surface area (Å²) in [6.45, 7) is 5.64. The largest absolute Gasteiger partial charge is 0.456 e. The van der Waals surface area contributed by atoms with Crippen molar-refractivity contribution >= 4 is 11.5 Å². The normalized spacial score (nSPS) is 14.3. The van der Waals surface area contributed by atoms with Crippen LogP contribution in [-0.2, 0) is 16.0 Å². The third-order valence-corrected chi connectivity index (χ3v) is 2.45. The molecule has 1 aromatic rings. The van der Waals surface area contributed by atoms with Gasteiger partial charge < -0.3 is 4.74 Å². The van der Waals surface area contributed by atoms with E-state index >= 15 is 0 Å². The first-order chi connectivity index (χ1) is 7.47. The fraction of sp³-hybridized carbons (Fsp3) is 0.357. The van der Waals surface area contributed by atoms with E-state index in [0.717, 1.165) is 12.0 Å². The van der Waals surface area contributed by atoms with Crippen LogP contribution >= 0.6 is 0 Å². The molecule has 16 heavy (non-hydrogen) atoms. The summed E-state index contributed by atoms with van der Waals surface area (Å²) in [4.78, 5) is 11.9. The van der Waals surface area contributed by atoms with Crippen LogP contribution in [0, 0.1) is 0 Å². The smallest absolute Gasteiger partial charge is 0.338 e. The molecule has 2 rings (SSSR count). The molecule has 1 aliphatic carbocycles. The third-order valence-electron chi connectivity index (χ3n) is 2.45. The van der Waals surface area contributed by atoms with Crippen molar-refractivity contribution < 1.29 is 9.53 Å². The van der Waals surface area contributed by atoms with E-state index in [9.17, 15) is 4.79 Å². The molecule has 0 aliphatic heterocycles. The highest BCUT2D eigenvalue weighted by Gasteiger charge is 2.24. The summed E-state index contributed by atoms with van der Waals surface area (Å²) >= 11 is 0. The first-order valence-electron chi connectivity index (χ1n) is 5.49. The zero-order valence-corrected chi connectivity index (χ0v) is 9.91. The number of esters is 1. The Balaban J connectivity index is 2.22. The van der Waals surface area contributed by atoms with Crippen molar-refractivity contribution in [2.24, 2.45) is 0 Å². The Hall–Kier alpha value is -1.57. The van der Waals surface area contributed by atoms with Crippen molar-refractivity contribution in [3.8, 4) is 0 Å². The Morgan fingerprint density at radius 2 is 1.94 bits per heavy atom. The van der Waals surface area contributed by atoms with Gasteiger partial charge in [-0.05, 0) is 38.3 Å². The Labute approximate surface area is 95.9 Å². The number of ether oxygens (including phenoxy) is 1. The molecule has 84 valence electrons. The number of carbonyl (C=O) groups excluding carboxylic acids is 1. The van der Waals surface area contributed by atoms with Gasteiger partial charge in [0.15, 0.2) is 0 Å². The molecule has 1 aliphatic rings. The lowest BCUT2D eigenvalue weighted by Gasteiger charge is -2.20. The molecule has 0 atom stereocenters. The fourth-order valence-corrected chi connectivity index (χ4v) is 1.81. The van der Waals surface area contributed by atoms with E-state index < -0.39 is 5.60 Å². The van der Waals surface area contributed by atoms with Gasteiger partial charge in [-0.25, -0.2) is 4.79 Å². The van der Waals surface area contributed by atoms with Crippen molar-refractivity contribution in [3.05, 3.63) is 41.5 Å². The molecule has 0 bridgehead atoms. The van der Waals surface area contributed by atoms with E-state index in [-0.39, 0.29) is 5.97 Å². The molecule has 2 heteroatoms. The van der Waals surface area contributed by atoms with Crippen molar-refractivity contribution in [1.82, 2.24) is 0 Å². The van der Waals surface area contributed by atoms with Gasteiger partial charge in [-0.15, -0.1) is 0 Å². The minimum absolute atomic E-state index is 0.225. The number of hydrogen-bond acceptors (Lipinski definition) is 2. The van der Waals surface area contributed by atoms with Crippen LogP contribution < -0.4 is 0 Å². The van der Waals surface area contributed by atoms with Crippen LogP contribution in [-0.4, -0.2) is 11.6 Å². The molecule has 0 saturated heterocycles. The van der Waals surface area contributed by atoms with Gasteiger partial charge in [-0.2, -0.15) is 0 Å². The molecule has 0 saturated carbocycles. The Bertz CT molecular complexity index is 450. The molecule has 0 fully saturated rings. The lowest BCUT2D eigenvalue weighted by molar-refractivity contribution is -0.147. The number of carbonyl (C=O) groups is 1. The van der Waals surface area contributed by atoms with E-state index in [1.165, 1.54) is 5.56 Å². The topological polar surface area (TPSA) is 26.3 Å². The summed E-state index contributed by atoms with van der Waals surface area (Å²) in [6, 6.07) is 7.95. The van der Waals surface area contributed by atoms with Crippen LogP contribution in [0.1, 0.15) is 31.9 Å². The van der Waals surface area contributed by atoms with Gasteiger partial charge in [0.05, 0.1) is 5.57 Å². The van der Waals surface area contributed by atoms with Gasteiger partial charge in [0, 0.05) is 0 Å². The third kappa shape index (κ3) is 2.16. The van der Waals surface area contributed by atoms with Crippen molar-refractivity contribution in [2.45, 2.75) is 32.8 Å². The Kier molecular flexibility index (Phi) is 2.58. The van der Waals surface area contributed by atoms with Crippen LogP contribution in [0.15, 0.2) is 30.3 Å². The van der Waals surface area contributed by atoms with Crippen molar-refractivity contribution in [3.63, 3.8) is 0 Å². The monoisotopic (exact) mass is 216 g/mol.